The molecule has 0 aliphatic carbocycles. The summed E-state index contributed by atoms with van der Waals surface area (Å²) in [5.41, 5.74) is 6.40. The van der Waals surface area contributed by atoms with E-state index >= 15 is 0 Å². The van der Waals surface area contributed by atoms with E-state index in [1.807, 2.05) is 50.2 Å². The van der Waals surface area contributed by atoms with Crippen molar-refractivity contribution in [2.75, 3.05) is 13.7 Å². The Morgan fingerprint density at radius 1 is 1.23 bits per heavy atom. The lowest BCUT2D eigenvalue weighted by atomic mass is 9.87. The van der Waals surface area contributed by atoms with Crippen LogP contribution in [0.15, 0.2) is 42.0 Å². The topological polar surface area (TPSA) is 62.1 Å². The van der Waals surface area contributed by atoms with E-state index in [4.69, 9.17) is 4.74 Å². The molecule has 1 aliphatic rings. The zero-order chi connectivity index (χ0) is 18.7. The van der Waals surface area contributed by atoms with Crippen molar-refractivity contribution >= 4 is 11.5 Å². The number of piperidine rings is 1. The molecule has 2 aromatic carbocycles. The fourth-order valence-corrected chi connectivity index (χ4v) is 3.45. The molecule has 0 bridgehead atoms. The van der Waals surface area contributed by atoms with E-state index in [-0.39, 0.29) is 5.91 Å². The molecule has 0 saturated carbocycles. The minimum absolute atomic E-state index is 0.00140. The first kappa shape index (κ1) is 17.8. The molecule has 0 atom stereocenters. The number of carbonyl (C=O) groups is 1. The molecule has 132 valence electrons. The SMILES string of the molecule is COc1ccc(-c2cc(C#N)cc(/C(C)=C3\CCCNC3=O)c2C)cc1. The molecular weight excluding hydrogens is 324 g/mol. The second-order valence-corrected chi connectivity index (χ2v) is 6.50. The van der Waals surface area contributed by atoms with Crippen LogP contribution in [0.4, 0.5) is 0 Å². The van der Waals surface area contributed by atoms with Crippen LogP contribution in [0, 0.1) is 18.3 Å². The molecule has 26 heavy (non-hydrogen) atoms. The van der Waals surface area contributed by atoms with Crippen LogP contribution in [0.5, 0.6) is 5.75 Å². The highest BCUT2D eigenvalue weighted by Gasteiger charge is 2.20. The van der Waals surface area contributed by atoms with Gasteiger partial charge in [0.15, 0.2) is 0 Å². The molecule has 4 nitrogen and oxygen atoms in total. The normalized spacial score (nSPS) is 15.8. The van der Waals surface area contributed by atoms with Gasteiger partial charge in [0.2, 0.25) is 5.91 Å². The smallest absolute Gasteiger partial charge is 0.247 e. The second-order valence-electron chi connectivity index (χ2n) is 6.50. The van der Waals surface area contributed by atoms with Crippen molar-refractivity contribution in [2.45, 2.75) is 26.7 Å². The average molecular weight is 346 g/mol. The molecule has 2 aromatic rings. The molecule has 1 amide bonds. The third-order valence-corrected chi connectivity index (χ3v) is 4.96. The summed E-state index contributed by atoms with van der Waals surface area (Å²) in [6, 6.07) is 13.8. The highest BCUT2D eigenvalue weighted by molar-refractivity contribution is 6.02. The monoisotopic (exact) mass is 346 g/mol. The highest BCUT2D eigenvalue weighted by atomic mass is 16.5. The Labute approximate surface area is 154 Å². The summed E-state index contributed by atoms with van der Waals surface area (Å²) in [6.07, 6.45) is 1.71. The number of methoxy groups -OCH3 is 1. The number of carbonyl (C=O) groups excluding carboxylic acids is 1. The van der Waals surface area contributed by atoms with Crippen LogP contribution in [0.3, 0.4) is 0 Å². The predicted octanol–water partition coefficient (Wildman–Crippen LogP) is 4.23. The Hall–Kier alpha value is -3.06. The molecule has 0 unspecified atom stereocenters. The second kappa shape index (κ2) is 7.45. The van der Waals surface area contributed by atoms with Crippen LogP contribution in [-0.2, 0) is 4.79 Å². The van der Waals surface area contributed by atoms with Gasteiger partial charge in [0.05, 0.1) is 18.7 Å². The molecule has 0 radical (unpaired) electrons. The van der Waals surface area contributed by atoms with Gasteiger partial charge in [0, 0.05) is 12.1 Å². The standard InChI is InChI=1S/C22H22N2O2/c1-14(19-5-4-10-24-22(19)25)20-11-16(13-23)12-21(15(20)2)17-6-8-18(26-3)9-7-17/h6-9,11-12H,4-5,10H2,1-3H3,(H,24,25)/b19-14+. The molecule has 3 rings (SSSR count). The van der Waals surface area contributed by atoms with Crippen molar-refractivity contribution < 1.29 is 9.53 Å². The Balaban J connectivity index is 2.16. The largest absolute Gasteiger partial charge is 0.497 e. The minimum atomic E-state index is 0.00140. The number of hydrogen-bond acceptors (Lipinski definition) is 3. The van der Waals surface area contributed by atoms with Gasteiger partial charge in [-0.15, -0.1) is 0 Å². The summed E-state index contributed by atoms with van der Waals surface area (Å²) in [6.45, 7) is 4.74. The Morgan fingerprint density at radius 3 is 2.58 bits per heavy atom. The average Bonchev–Trinajstić information content (AvgIpc) is 2.68. The third kappa shape index (κ3) is 3.34. The molecule has 1 aliphatic heterocycles. The number of amides is 1. The zero-order valence-electron chi connectivity index (χ0n) is 15.3. The zero-order valence-corrected chi connectivity index (χ0v) is 15.3. The van der Waals surface area contributed by atoms with Crippen molar-refractivity contribution in [1.29, 1.82) is 5.26 Å². The van der Waals surface area contributed by atoms with Crippen LogP contribution >= 0.6 is 0 Å². The number of rotatable bonds is 3. The van der Waals surface area contributed by atoms with Gasteiger partial charge in [-0.05, 0) is 78.8 Å². The summed E-state index contributed by atoms with van der Waals surface area (Å²) in [5.74, 6) is 0.793. The van der Waals surface area contributed by atoms with Crippen molar-refractivity contribution in [1.82, 2.24) is 5.32 Å². The van der Waals surface area contributed by atoms with Gasteiger partial charge in [-0.1, -0.05) is 12.1 Å². The molecule has 1 fully saturated rings. The van der Waals surface area contributed by atoms with Gasteiger partial charge in [0.1, 0.15) is 5.75 Å². The van der Waals surface area contributed by atoms with Crippen LogP contribution < -0.4 is 10.1 Å². The lowest BCUT2D eigenvalue weighted by Crippen LogP contribution is -2.31. The number of hydrogen-bond donors (Lipinski definition) is 1. The maximum absolute atomic E-state index is 12.3. The molecule has 0 spiro atoms. The van der Waals surface area contributed by atoms with Crippen LogP contribution in [0.25, 0.3) is 16.7 Å². The van der Waals surface area contributed by atoms with Crippen LogP contribution in [-0.4, -0.2) is 19.6 Å². The number of allylic oxidation sites excluding steroid dienone is 1. The quantitative estimate of drug-likeness (QED) is 0.846. The van der Waals surface area contributed by atoms with Gasteiger partial charge in [-0.25, -0.2) is 0 Å². The number of benzene rings is 2. The number of nitrogens with one attached hydrogen (secondary N) is 1. The summed E-state index contributed by atoms with van der Waals surface area (Å²) in [4.78, 5) is 12.3. The van der Waals surface area contributed by atoms with Crippen molar-refractivity contribution in [3.63, 3.8) is 0 Å². The fraction of sp³-hybridized carbons (Fsp3) is 0.273. The van der Waals surface area contributed by atoms with Gasteiger partial charge >= 0.3 is 0 Å². The first-order valence-corrected chi connectivity index (χ1v) is 8.72. The number of nitriles is 1. The Kier molecular flexibility index (Phi) is 5.09. The van der Waals surface area contributed by atoms with E-state index in [2.05, 4.69) is 11.4 Å². The van der Waals surface area contributed by atoms with Crippen molar-refractivity contribution in [2.24, 2.45) is 0 Å². The van der Waals surface area contributed by atoms with Gasteiger partial charge < -0.3 is 10.1 Å². The van der Waals surface area contributed by atoms with Crippen LogP contribution in [0.1, 0.15) is 36.5 Å². The Bertz CT molecular complexity index is 918. The van der Waals surface area contributed by atoms with Crippen molar-refractivity contribution in [3.8, 4) is 22.9 Å². The molecular formula is C22H22N2O2. The lowest BCUT2D eigenvalue weighted by molar-refractivity contribution is -0.118. The van der Waals surface area contributed by atoms with Crippen molar-refractivity contribution in [3.05, 3.63) is 58.7 Å². The molecule has 0 aromatic heterocycles. The number of nitrogens with zero attached hydrogens (tertiary/aromatic N) is 1. The van der Waals surface area contributed by atoms with Crippen LogP contribution in [0.2, 0.25) is 0 Å². The molecule has 1 N–H and O–H groups in total. The van der Waals surface area contributed by atoms with E-state index < -0.39 is 0 Å². The minimum Gasteiger partial charge on any atom is -0.497 e. The first-order chi connectivity index (χ1) is 12.5. The predicted molar refractivity (Wildman–Crippen MR) is 103 cm³/mol. The summed E-state index contributed by atoms with van der Waals surface area (Å²) < 4.78 is 5.23. The summed E-state index contributed by atoms with van der Waals surface area (Å²) in [5, 5.41) is 12.4. The molecule has 1 saturated heterocycles. The number of ether oxygens (including phenoxy) is 1. The summed E-state index contributed by atoms with van der Waals surface area (Å²) >= 11 is 0. The summed E-state index contributed by atoms with van der Waals surface area (Å²) in [7, 11) is 1.64. The highest BCUT2D eigenvalue weighted by Crippen LogP contribution is 2.34. The molecule has 1 heterocycles. The van der Waals surface area contributed by atoms with E-state index in [9.17, 15) is 10.1 Å². The van der Waals surface area contributed by atoms with Gasteiger partial charge in [-0.2, -0.15) is 5.26 Å². The van der Waals surface area contributed by atoms with E-state index in [0.717, 1.165) is 58.5 Å². The fourth-order valence-electron chi connectivity index (χ4n) is 3.45. The van der Waals surface area contributed by atoms with E-state index in [1.54, 1.807) is 7.11 Å². The van der Waals surface area contributed by atoms with Gasteiger partial charge in [-0.3, -0.25) is 4.79 Å². The lowest BCUT2D eigenvalue weighted by Gasteiger charge is -2.20. The van der Waals surface area contributed by atoms with E-state index in [1.165, 1.54) is 0 Å². The third-order valence-electron chi connectivity index (χ3n) is 4.96. The molecule has 4 heteroatoms. The first-order valence-electron chi connectivity index (χ1n) is 8.72. The maximum atomic E-state index is 12.3. The van der Waals surface area contributed by atoms with Gasteiger partial charge in [0.25, 0.3) is 0 Å². The Morgan fingerprint density at radius 2 is 1.96 bits per heavy atom. The maximum Gasteiger partial charge on any atom is 0.247 e. The van der Waals surface area contributed by atoms with E-state index in [0.29, 0.717) is 5.56 Å².